The van der Waals surface area contributed by atoms with Crippen LogP contribution in [-0.4, -0.2) is 50.2 Å². The van der Waals surface area contributed by atoms with E-state index < -0.39 is 10.0 Å². The van der Waals surface area contributed by atoms with Gasteiger partial charge in [0.15, 0.2) is 0 Å². The summed E-state index contributed by atoms with van der Waals surface area (Å²) in [6.07, 6.45) is 2.54. The Kier molecular flexibility index (Phi) is 6.86. The van der Waals surface area contributed by atoms with Crippen molar-refractivity contribution in [2.24, 2.45) is 5.92 Å². The van der Waals surface area contributed by atoms with Crippen LogP contribution in [0.1, 0.15) is 49.0 Å². The zero-order valence-corrected chi connectivity index (χ0v) is 20.0. The third kappa shape index (κ3) is 4.82. The highest BCUT2D eigenvalue weighted by molar-refractivity contribution is 7.89. The molecule has 0 aliphatic carbocycles. The first-order valence-electron chi connectivity index (χ1n) is 11.6. The molecule has 4 rings (SSSR count). The largest absolute Gasteiger partial charge is 0.350 e. The zero-order chi connectivity index (χ0) is 23.6. The first kappa shape index (κ1) is 23.4. The molecule has 2 amide bonds. The van der Waals surface area contributed by atoms with Crippen molar-refractivity contribution in [1.29, 1.82) is 0 Å². The number of anilines is 1. The van der Waals surface area contributed by atoms with Crippen molar-refractivity contribution in [3.63, 3.8) is 0 Å². The van der Waals surface area contributed by atoms with Crippen LogP contribution in [0.5, 0.6) is 0 Å². The molecule has 0 saturated carbocycles. The fourth-order valence-corrected chi connectivity index (χ4v) is 6.20. The smallest absolute Gasteiger partial charge is 0.251 e. The maximum Gasteiger partial charge on any atom is 0.251 e. The number of fused-ring (bicyclic) bond motifs is 1. The molecule has 0 aromatic heterocycles. The minimum Gasteiger partial charge on any atom is -0.350 e. The Hall–Kier alpha value is -2.71. The molecule has 8 heteroatoms. The molecule has 0 spiro atoms. The predicted molar refractivity (Wildman–Crippen MR) is 128 cm³/mol. The number of sulfonamides is 1. The van der Waals surface area contributed by atoms with Gasteiger partial charge in [-0.05, 0) is 69.4 Å². The van der Waals surface area contributed by atoms with E-state index in [0.29, 0.717) is 38.0 Å². The number of nitrogens with zero attached hydrogens (tertiary/aromatic N) is 2. The molecule has 0 atom stereocenters. The van der Waals surface area contributed by atoms with Gasteiger partial charge in [0.2, 0.25) is 15.9 Å². The lowest BCUT2D eigenvalue weighted by atomic mass is 9.92. The van der Waals surface area contributed by atoms with Crippen molar-refractivity contribution >= 4 is 27.5 Å². The maximum absolute atomic E-state index is 13.5. The van der Waals surface area contributed by atoms with E-state index in [1.807, 2.05) is 32.0 Å². The maximum atomic E-state index is 13.5. The van der Waals surface area contributed by atoms with E-state index in [1.165, 1.54) is 4.31 Å². The molecule has 2 aliphatic rings. The van der Waals surface area contributed by atoms with E-state index in [4.69, 9.17) is 0 Å². The highest BCUT2D eigenvalue weighted by atomic mass is 32.2. The average molecular weight is 470 g/mol. The van der Waals surface area contributed by atoms with Gasteiger partial charge in [0.05, 0.1) is 4.90 Å². The van der Waals surface area contributed by atoms with E-state index >= 15 is 0 Å². The Morgan fingerprint density at radius 2 is 1.67 bits per heavy atom. The molecule has 2 aromatic rings. The highest BCUT2D eigenvalue weighted by Gasteiger charge is 2.35. The molecule has 7 nitrogen and oxygen atoms in total. The van der Waals surface area contributed by atoms with E-state index in [-0.39, 0.29) is 28.7 Å². The SMILES string of the molecule is CC(C)NC(=O)c1cccc2c1CCCN2C(=O)C1CCN(S(=O)(=O)c2ccccc2)CC1. The number of rotatable bonds is 5. The first-order chi connectivity index (χ1) is 15.8. The molecule has 0 unspecified atom stereocenters. The third-order valence-corrected chi connectivity index (χ3v) is 8.28. The molecule has 176 valence electrons. The van der Waals surface area contributed by atoms with Gasteiger partial charge in [0, 0.05) is 42.8 Å². The van der Waals surface area contributed by atoms with Gasteiger partial charge in [-0.1, -0.05) is 24.3 Å². The van der Waals surface area contributed by atoms with E-state index in [2.05, 4.69) is 5.32 Å². The van der Waals surface area contributed by atoms with E-state index in [9.17, 15) is 18.0 Å². The summed E-state index contributed by atoms with van der Waals surface area (Å²) in [5.41, 5.74) is 2.35. The quantitative estimate of drug-likeness (QED) is 0.729. The lowest BCUT2D eigenvalue weighted by molar-refractivity contribution is -0.123. The lowest BCUT2D eigenvalue weighted by Gasteiger charge is -2.36. The van der Waals surface area contributed by atoms with Gasteiger partial charge in [0.1, 0.15) is 0 Å². The summed E-state index contributed by atoms with van der Waals surface area (Å²) in [5, 5.41) is 2.94. The number of hydrogen-bond donors (Lipinski definition) is 1. The van der Waals surface area contributed by atoms with Crippen molar-refractivity contribution in [2.45, 2.75) is 50.5 Å². The average Bonchev–Trinajstić information content (AvgIpc) is 2.83. The second-order valence-corrected chi connectivity index (χ2v) is 11.0. The van der Waals surface area contributed by atoms with Crippen LogP contribution >= 0.6 is 0 Å². The molecular weight excluding hydrogens is 438 g/mol. The number of nitrogens with one attached hydrogen (secondary N) is 1. The summed E-state index contributed by atoms with van der Waals surface area (Å²) in [5.74, 6) is -0.323. The molecular formula is C25H31N3O4S. The number of carbonyl (C=O) groups excluding carboxylic acids is 2. The van der Waals surface area contributed by atoms with Crippen LogP contribution in [0.2, 0.25) is 0 Å². The van der Waals surface area contributed by atoms with Crippen molar-refractivity contribution in [3.05, 3.63) is 59.7 Å². The monoisotopic (exact) mass is 469 g/mol. The fourth-order valence-electron chi connectivity index (χ4n) is 4.71. The summed E-state index contributed by atoms with van der Waals surface area (Å²) < 4.78 is 27.3. The minimum absolute atomic E-state index is 0.0223. The number of hydrogen-bond acceptors (Lipinski definition) is 4. The fraction of sp³-hybridized carbons (Fsp3) is 0.440. The van der Waals surface area contributed by atoms with Gasteiger partial charge in [-0.3, -0.25) is 9.59 Å². The Balaban J connectivity index is 1.48. The predicted octanol–water partition coefficient (Wildman–Crippen LogP) is 3.20. The zero-order valence-electron chi connectivity index (χ0n) is 19.2. The first-order valence-corrected chi connectivity index (χ1v) is 13.0. The summed E-state index contributed by atoms with van der Waals surface area (Å²) in [4.78, 5) is 28.2. The van der Waals surface area contributed by atoms with Crippen molar-refractivity contribution in [2.75, 3.05) is 24.5 Å². The van der Waals surface area contributed by atoms with Gasteiger partial charge in [-0.15, -0.1) is 0 Å². The Labute approximate surface area is 195 Å². The summed E-state index contributed by atoms with van der Waals surface area (Å²) in [6, 6.07) is 14.0. The molecule has 1 N–H and O–H groups in total. The standard InChI is InChI=1S/C25H31N3O4S/c1-18(2)26-24(29)22-10-6-12-23-21(22)11-7-15-28(23)25(30)19-13-16-27(17-14-19)33(31,32)20-8-4-3-5-9-20/h3-6,8-10,12,18-19H,7,11,13-17H2,1-2H3,(H,26,29). The Morgan fingerprint density at radius 1 is 0.970 bits per heavy atom. The van der Waals surface area contributed by atoms with Crippen LogP contribution in [0.25, 0.3) is 0 Å². The Bertz CT molecular complexity index is 1120. The lowest BCUT2D eigenvalue weighted by Crippen LogP contribution is -2.46. The van der Waals surface area contributed by atoms with Crippen LogP contribution in [0, 0.1) is 5.92 Å². The van der Waals surface area contributed by atoms with Crippen LogP contribution in [-0.2, 0) is 21.2 Å². The molecule has 1 saturated heterocycles. The molecule has 2 heterocycles. The van der Waals surface area contributed by atoms with E-state index in [0.717, 1.165) is 24.1 Å². The molecule has 33 heavy (non-hydrogen) atoms. The number of carbonyl (C=O) groups is 2. The van der Waals surface area contributed by atoms with Crippen LogP contribution < -0.4 is 10.2 Å². The van der Waals surface area contributed by atoms with E-state index in [1.54, 1.807) is 35.2 Å². The second-order valence-electron chi connectivity index (χ2n) is 9.02. The molecule has 1 fully saturated rings. The molecule has 2 aliphatic heterocycles. The van der Waals surface area contributed by atoms with Gasteiger partial charge in [-0.25, -0.2) is 8.42 Å². The van der Waals surface area contributed by atoms with Gasteiger partial charge in [0.25, 0.3) is 5.91 Å². The van der Waals surface area contributed by atoms with Crippen LogP contribution in [0.4, 0.5) is 5.69 Å². The number of piperidine rings is 1. The van der Waals surface area contributed by atoms with Gasteiger partial charge < -0.3 is 10.2 Å². The van der Waals surface area contributed by atoms with Crippen LogP contribution in [0.15, 0.2) is 53.4 Å². The number of benzene rings is 2. The van der Waals surface area contributed by atoms with Gasteiger partial charge >= 0.3 is 0 Å². The third-order valence-electron chi connectivity index (χ3n) is 6.37. The van der Waals surface area contributed by atoms with Crippen molar-refractivity contribution < 1.29 is 18.0 Å². The molecule has 0 radical (unpaired) electrons. The van der Waals surface area contributed by atoms with Gasteiger partial charge in [-0.2, -0.15) is 4.31 Å². The van der Waals surface area contributed by atoms with Crippen molar-refractivity contribution in [1.82, 2.24) is 9.62 Å². The number of amides is 2. The minimum atomic E-state index is -3.55. The highest BCUT2D eigenvalue weighted by Crippen LogP contribution is 2.33. The normalized spacial score (nSPS) is 17.6. The molecule has 0 bridgehead atoms. The summed E-state index contributed by atoms with van der Waals surface area (Å²) >= 11 is 0. The Morgan fingerprint density at radius 3 is 2.33 bits per heavy atom. The van der Waals surface area contributed by atoms with Crippen molar-refractivity contribution in [3.8, 4) is 0 Å². The molecule has 2 aromatic carbocycles. The topological polar surface area (TPSA) is 86.8 Å². The summed E-state index contributed by atoms with van der Waals surface area (Å²) in [7, 11) is -3.55. The summed E-state index contributed by atoms with van der Waals surface area (Å²) in [6.45, 7) is 5.11. The second kappa shape index (κ2) is 9.65. The van der Waals surface area contributed by atoms with Crippen LogP contribution in [0.3, 0.4) is 0 Å².